The summed E-state index contributed by atoms with van der Waals surface area (Å²) in [5, 5.41) is 0.844. The van der Waals surface area contributed by atoms with E-state index in [9.17, 15) is 14.4 Å². The Morgan fingerprint density at radius 3 is 2.35 bits per heavy atom. The number of nitrogens with zero attached hydrogens (tertiary/aromatic N) is 1. The number of benzene rings is 2. The van der Waals surface area contributed by atoms with E-state index in [1.165, 1.54) is 10.5 Å². The lowest BCUT2D eigenvalue weighted by molar-refractivity contribution is -0.123. The van der Waals surface area contributed by atoms with E-state index in [0.29, 0.717) is 26.9 Å². The lowest BCUT2D eigenvalue weighted by Crippen LogP contribution is -2.32. The van der Waals surface area contributed by atoms with E-state index in [0.717, 1.165) is 6.42 Å². The number of carbonyl (C=O) groups is 3. The molecule has 2 aromatic carbocycles. The highest BCUT2D eigenvalue weighted by molar-refractivity contribution is 6.36. The Morgan fingerprint density at radius 1 is 1.03 bits per heavy atom. The van der Waals surface area contributed by atoms with E-state index in [2.05, 4.69) is 6.08 Å². The second kappa shape index (κ2) is 7.50. The van der Waals surface area contributed by atoms with Crippen molar-refractivity contribution < 1.29 is 19.1 Å². The molecule has 0 unspecified atom stereocenters. The Bertz CT molecular complexity index is 1120. The fraction of sp³-hybridized carbons (Fsp3) is 0.292. The fourth-order valence-corrected chi connectivity index (χ4v) is 5.67. The molecule has 4 atom stereocenters. The summed E-state index contributed by atoms with van der Waals surface area (Å²) in [6.45, 7) is 1.98. The molecule has 5 nitrogen and oxygen atoms in total. The Labute approximate surface area is 189 Å². The van der Waals surface area contributed by atoms with Crippen molar-refractivity contribution in [3.63, 3.8) is 0 Å². The molecule has 7 heteroatoms. The van der Waals surface area contributed by atoms with Gasteiger partial charge in [0.25, 0.3) is 0 Å². The highest BCUT2D eigenvalue weighted by atomic mass is 35.5. The second-order valence-corrected chi connectivity index (χ2v) is 9.12. The van der Waals surface area contributed by atoms with Crippen molar-refractivity contribution >= 4 is 46.7 Å². The topological polar surface area (TPSA) is 63.7 Å². The van der Waals surface area contributed by atoms with Crippen LogP contribution in [-0.4, -0.2) is 17.8 Å². The molecule has 1 saturated heterocycles. The molecule has 31 heavy (non-hydrogen) atoms. The van der Waals surface area contributed by atoms with Crippen LogP contribution in [0, 0.1) is 23.7 Å². The van der Waals surface area contributed by atoms with E-state index in [-0.39, 0.29) is 42.1 Å². The lowest BCUT2D eigenvalue weighted by Gasteiger charge is -2.19. The maximum absolute atomic E-state index is 13.0. The molecular formula is C24H19Cl2NO4. The van der Waals surface area contributed by atoms with E-state index in [4.69, 9.17) is 27.9 Å². The number of fused-ring (bicyclic) bond motifs is 5. The van der Waals surface area contributed by atoms with Crippen LogP contribution in [0.2, 0.25) is 10.0 Å². The van der Waals surface area contributed by atoms with Gasteiger partial charge >= 0.3 is 5.97 Å². The predicted octanol–water partition coefficient (Wildman–Crippen LogP) is 5.05. The van der Waals surface area contributed by atoms with Crippen molar-refractivity contribution in [3.8, 4) is 0 Å². The van der Waals surface area contributed by atoms with Crippen LogP contribution < -0.4 is 4.90 Å². The van der Waals surface area contributed by atoms with Gasteiger partial charge in [-0.2, -0.15) is 0 Å². The van der Waals surface area contributed by atoms with Gasteiger partial charge in [0.1, 0.15) is 6.61 Å². The monoisotopic (exact) mass is 455 g/mol. The third-order valence-electron chi connectivity index (χ3n) is 6.65. The number of anilines is 1. The smallest absolute Gasteiger partial charge is 0.338 e. The first kappa shape index (κ1) is 20.3. The van der Waals surface area contributed by atoms with Crippen LogP contribution in [0.25, 0.3) is 0 Å². The Kier molecular flexibility index (Phi) is 4.91. The molecule has 1 heterocycles. The number of amides is 2. The van der Waals surface area contributed by atoms with Gasteiger partial charge in [-0.1, -0.05) is 40.9 Å². The van der Waals surface area contributed by atoms with Crippen LogP contribution in [-0.2, 0) is 20.9 Å². The molecule has 0 spiro atoms. The van der Waals surface area contributed by atoms with Crippen LogP contribution in [0.3, 0.4) is 0 Å². The zero-order valence-corrected chi connectivity index (χ0v) is 18.2. The van der Waals surface area contributed by atoms with Crippen molar-refractivity contribution in [2.45, 2.75) is 20.0 Å². The summed E-state index contributed by atoms with van der Waals surface area (Å²) in [6.07, 6.45) is 3.04. The number of esters is 1. The first-order valence-corrected chi connectivity index (χ1v) is 10.9. The summed E-state index contributed by atoms with van der Waals surface area (Å²) >= 11 is 12.2. The zero-order valence-electron chi connectivity index (χ0n) is 16.7. The molecule has 1 aliphatic heterocycles. The first-order valence-electron chi connectivity index (χ1n) is 10.1. The summed E-state index contributed by atoms with van der Waals surface area (Å²) in [4.78, 5) is 39.7. The summed E-state index contributed by atoms with van der Waals surface area (Å²) in [6, 6.07) is 11.4. The predicted molar refractivity (Wildman–Crippen MR) is 117 cm³/mol. The average Bonchev–Trinajstić information content (AvgIpc) is 3.38. The van der Waals surface area contributed by atoms with Gasteiger partial charge in [-0.25, -0.2) is 4.79 Å². The minimum atomic E-state index is -0.545. The van der Waals surface area contributed by atoms with Gasteiger partial charge in [-0.15, -0.1) is 0 Å². The maximum Gasteiger partial charge on any atom is 0.338 e. The molecule has 3 aliphatic rings. The molecule has 2 bridgehead atoms. The minimum Gasteiger partial charge on any atom is -0.457 e. The molecule has 2 aromatic rings. The van der Waals surface area contributed by atoms with Crippen LogP contribution >= 0.6 is 23.2 Å². The number of carbonyl (C=O) groups excluding carboxylic acids is 3. The third kappa shape index (κ3) is 3.19. The van der Waals surface area contributed by atoms with Gasteiger partial charge in [0, 0.05) is 15.6 Å². The van der Waals surface area contributed by atoms with Gasteiger partial charge in [-0.05, 0) is 61.6 Å². The summed E-state index contributed by atoms with van der Waals surface area (Å²) in [5.41, 5.74) is 2.54. The van der Waals surface area contributed by atoms with E-state index >= 15 is 0 Å². The molecule has 0 N–H and O–H groups in total. The standard InChI is InChI=1S/C24H19Cl2NO4/c1-12-9-14-10-16(12)21-20(14)22(28)27(23(21)29)15-7-5-13(6-8-15)24(30)31-11-17-18(25)3-2-4-19(17)26/h2-9,14,16,20-21H,10-11H2,1H3/t14-,16-,20+,21+/m0/s1. The molecule has 2 fully saturated rings. The summed E-state index contributed by atoms with van der Waals surface area (Å²) in [5.74, 6) is -1.02. The summed E-state index contributed by atoms with van der Waals surface area (Å²) < 4.78 is 5.33. The normalized spacial score (nSPS) is 26.3. The van der Waals surface area contributed by atoms with Crippen molar-refractivity contribution in [1.29, 1.82) is 0 Å². The third-order valence-corrected chi connectivity index (χ3v) is 7.36. The van der Waals surface area contributed by atoms with Crippen LogP contribution in [0.4, 0.5) is 5.69 Å². The van der Waals surface area contributed by atoms with Crippen LogP contribution in [0.15, 0.2) is 54.1 Å². The quantitative estimate of drug-likeness (QED) is 0.367. The van der Waals surface area contributed by atoms with Gasteiger partial charge in [0.2, 0.25) is 11.8 Å². The zero-order chi connectivity index (χ0) is 21.9. The van der Waals surface area contributed by atoms with Gasteiger partial charge in [0.05, 0.1) is 23.1 Å². The second-order valence-electron chi connectivity index (χ2n) is 8.30. The molecular weight excluding hydrogens is 437 g/mol. The van der Waals surface area contributed by atoms with Crippen molar-refractivity contribution in [1.82, 2.24) is 0 Å². The minimum absolute atomic E-state index is 0.0549. The molecule has 0 aromatic heterocycles. The molecule has 0 radical (unpaired) electrons. The Balaban J connectivity index is 1.30. The molecule has 2 aliphatic carbocycles. The number of ether oxygens (including phenoxy) is 1. The van der Waals surface area contributed by atoms with E-state index in [1.807, 2.05) is 6.92 Å². The summed E-state index contributed by atoms with van der Waals surface area (Å²) in [7, 11) is 0. The number of halogens is 2. The molecule has 1 saturated carbocycles. The highest BCUT2D eigenvalue weighted by Crippen LogP contribution is 2.55. The maximum atomic E-state index is 13.0. The SMILES string of the molecule is CC1=C[C@H]2C[C@@H]1[C@H]1C(=O)N(c3ccc(C(=O)OCc4c(Cl)cccc4Cl)cc3)C(=O)[C@@H]12. The van der Waals surface area contributed by atoms with Gasteiger partial charge in [0.15, 0.2) is 0 Å². The average molecular weight is 456 g/mol. The number of rotatable bonds is 4. The molecule has 5 rings (SSSR count). The van der Waals surface area contributed by atoms with E-state index in [1.54, 1.807) is 42.5 Å². The molecule has 2 amide bonds. The molecule has 158 valence electrons. The van der Waals surface area contributed by atoms with Crippen molar-refractivity contribution in [2.75, 3.05) is 4.90 Å². The lowest BCUT2D eigenvalue weighted by atomic mass is 9.82. The van der Waals surface area contributed by atoms with Crippen LogP contribution in [0.5, 0.6) is 0 Å². The first-order chi connectivity index (χ1) is 14.9. The van der Waals surface area contributed by atoms with Crippen molar-refractivity contribution in [2.24, 2.45) is 23.7 Å². The number of imide groups is 1. The Hall–Kier alpha value is -2.63. The number of hydrogen-bond donors (Lipinski definition) is 0. The van der Waals surface area contributed by atoms with Gasteiger partial charge < -0.3 is 4.74 Å². The van der Waals surface area contributed by atoms with Crippen LogP contribution in [0.1, 0.15) is 29.3 Å². The Morgan fingerprint density at radius 2 is 1.68 bits per heavy atom. The number of hydrogen-bond acceptors (Lipinski definition) is 4. The van der Waals surface area contributed by atoms with Gasteiger partial charge in [-0.3, -0.25) is 14.5 Å². The largest absolute Gasteiger partial charge is 0.457 e. The fourth-order valence-electron chi connectivity index (χ4n) is 5.17. The number of allylic oxidation sites excluding steroid dienone is 2. The highest BCUT2D eigenvalue weighted by Gasteiger charge is 2.60. The van der Waals surface area contributed by atoms with Crippen molar-refractivity contribution in [3.05, 3.63) is 75.3 Å². The van der Waals surface area contributed by atoms with E-state index < -0.39 is 5.97 Å².